The fourth-order valence-corrected chi connectivity index (χ4v) is 4.55. The Bertz CT molecular complexity index is 922. The van der Waals surface area contributed by atoms with Crippen molar-refractivity contribution in [2.75, 3.05) is 18.0 Å². The van der Waals surface area contributed by atoms with Crippen LogP contribution in [0.2, 0.25) is 10.0 Å². The number of benzene rings is 1. The average molecular weight is 375 g/mol. The summed E-state index contributed by atoms with van der Waals surface area (Å²) in [6, 6.07) is 6.60. The first-order valence-corrected chi connectivity index (χ1v) is 9.04. The number of halogens is 2. The zero-order chi connectivity index (χ0) is 17.0. The second-order valence-electron chi connectivity index (χ2n) is 6.64. The van der Waals surface area contributed by atoms with Gasteiger partial charge < -0.3 is 4.90 Å². The molecule has 2 aliphatic heterocycles. The summed E-state index contributed by atoms with van der Waals surface area (Å²) < 4.78 is 1.91. The van der Waals surface area contributed by atoms with Crippen molar-refractivity contribution in [2.24, 2.45) is 0 Å². The van der Waals surface area contributed by atoms with E-state index < -0.39 is 0 Å². The first-order chi connectivity index (χ1) is 12.2. The van der Waals surface area contributed by atoms with Crippen LogP contribution < -0.4 is 4.90 Å². The minimum absolute atomic E-state index is 0.432. The second kappa shape index (κ2) is 5.83. The molecule has 0 N–H and O–H groups in total. The zero-order valence-corrected chi connectivity index (χ0v) is 14.9. The number of piperazine rings is 1. The Kier molecular flexibility index (Phi) is 3.58. The smallest absolute Gasteiger partial charge is 0.203 e. The number of anilines is 1. The lowest BCUT2D eigenvalue weighted by atomic mass is 10.2. The van der Waals surface area contributed by atoms with Crippen LogP contribution in [0.5, 0.6) is 0 Å². The number of fused-ring (bicyclic) bond motifs is 3. The van der Waals surface area contributed by atoms with E-state index in [-0.39, 0.29) is 0 Å². The van der Waals surface area contributed by atoms with Crippen LogP contribution in [-0.2, 0) is 6.54 Å². The molecule has 4 heterocycles. The van der Waals surface area contributed by atoms with Crippen LogP contribution in [0.4, 0.5) is 5.82 Å². The molecule has 1 aromatic carbocycles. The molecular weight excluding hydrogens is 359 g/mol. The largest absolute Gasteiger partial charge is 0.348 e. The molecule has 2 fully saturated rings. The molecule has 8 heteroatoms. The molecule has 2 unspecified atom stereocenters. The first-order valence-electron chi connectivity index (χ1n) is 8.28. The first kappa shape index (κ1) is 15.4. The van der Waals surface area contributed by atoms with Crippen molar-refractivity contribution in [3.8, 4) is 0 Å². The molecule has 25 heavy (non-hydrogen) atoms. The van der Waals surface area contributed by atoms with Gasteiger partial charge in [0.15, 0.2) is 5.82 Å². The van der Waals surface area contributed by atoms with Gasteiger partial charge in [-0.3, -0.25) is 9.30 Å². The van der Waals surface area contributed by atoms with Crippen LogP contribution in [0, 0.1) is 0 Å². The highest BCUT2D eigenvalue weighted by Gasteiger charge is 2.44. The minimum Gasteiger partial charge on any atom is -0.348 e. The molecule has 2 atom stereocenters. The zero-order valence-electron chi connectivity index (χ0n) is 13.4. The number of aromatic nitrogens is 4. The predicted molar refractivity (Wildman–Crippen MR) is 97.2 cm³/mol. The van der Waals surface area contributed by atoms with Crippen molar-refractivity contribution in [2.45, 2.75) is 25.0 Å². The molecule has 128 valence electrons. The van der Waals surface area contributed by atoms with Gasteiger partial charge in [-0.2, -0.15) is 0 Å². The van der Waals surface area contributed by atoms with Gasteiger partial charge in [0.05, 0.1) is 0 Å². The van der Waals surface area contributed by atoms with Gasteiger partial charge in [0.25, 0.3) is 0 Å². The Morgan fingerprint density at radius 1 is 1.12 bits per heavy atom. The SMILES string of the molecule is Clc1cccc(Cl)c1CN1CC2CC1CN2c1nccn2cnnc12. The number of hydrogen-bond donors (Lipinski definition) is 0. The molecule has 2 bridgehead atoms. The monoisotopic (exact) mass is 374 g/mol. The van der Waals surface area contributed by atoms with Crippen molar-refractivity contribution in [3.63, 3.8) is 0 Å². The van der Waals surface area contributed by atoms with Gasteiger partial charge in [0, 0.05) is 59.7 Å². The molecule has 0 radical (unpaired) electrons. The third kappa shape index (κ3) is 2.47. The van der Waals surface area contributed by atoms with E-state index >= 15 is 0 Å². The van der Waals surface area contributed by atoms with Gasteiger partial charge in [-0.25, -0.2) is 4.98 Å². The highest BCUT2D eigenvalue weighted by Crippen LogP contribution is 2.37. The van der Waals surface area contributed by atoms with E-state index in [2.05, 4.69) is 25.0 Å². The molecule has 5 rings (SSSR count). The van der Waals surface area contributed by atoms with Gasteiger partial charge in [-0.05, 0) is 18.6 Å². The van der Waals surface area contributed by atoms with E-state index in [1.54, 1.807) is 12.5 Å². The molecule has 2 aromatic heterocycles. The summed E-state index contributed by atoms with van der Waals surface area (Å²) in [6.07, 6.45) is 6.51. The molecule has 0 saturated carbocycles. The number of nitrogens with zero attached hydrogens (tertiary/aromatic N) is 6. The van der Waals surface area contributed by atoms with Gasteiger partial charge in [0.2, 0.25) is 5.65 Å². The molecule has 0 aliphatic carbocycles. The minimum atomic E-state index is 0.432. The topological polar surface area (TPSA) is 49.6 Å². The van der Waals surface area contributed by atoms with E-state index in [1.807, 2.05) is 28.8 Å². The molecule has 2 aliphatic rings. The molecule has 2 saturated heterocycles. The van der Waals surface area contributed by atoms with Gasteiger partial charge >= 0.3 is 0 Å². The quantitative estimate of drug-likeness (QED) is 0.705. The highest BCUT2D eigenvalue weighted by molar-refractivity contribution is 6.35. The summed E-state index contributed by atoms with van der Waals surface area (Å²) >= 11 is 12.7. The summed E-state index contributed by atoms with van der Waals surface area (Å²) in [6.45, 7) is 2.70. The summed E-state index contributed by atoms with van der Waals surface area (Å²) in [7, 11) is 0. The van der Waals surface area contributed by atoms with Crippen molar-refractivity contribution < 1.29 is 0 Å². The maximum Gasteiger partial charge on any atom is 0.203 e. The molecule has 0 amide bonds. The van der Waals surface area contributed by atoms with Crippen LogP contribution in [0.25, 0.3) is 5.65 Å². The Balaban J connectivity index is 1.38. The Labute approximate surface area is 155 Å². The van der Waals surface area contributed by atoms with Crippen LogP contribution in [0.3, 0.4) is 0 Å². The fourth-order valence-electron chi connectivity index (χ4n) is 4.04. The van der Waals surface area contributed by atoms with Gasteiger partial charge in [-0.1, -0.05) is 29.3 Å². The summed E-state index contributed by atoms with van der Waals surface area (Å²) in [5, 5.41) is 9.69. The Morgan fingerprint density at radius 3 is 2.72 bits per heavy atom. The van der Waals surface area contributed by atoms with Crippen LogP contribution >= 0.6 is 23.2 Å². The summed E-state index contributed by atoms with van der Waals surface area (Å²) in [5.74, 6) is 0.919. The lowest BCUT2D eigenvalue weighted by Gasteiger charge is -2.35. The van der Waals surface area contributed by atoms with Gasteiger partial charge in [-0.15, -0.1) is 10.2 Å². The lowest BCUT2D eigenvalue weighted by Crippen LogP contribution is -2.46. The van der Waals surface area contributed by atoms with Gasteiger partial charge in [0.1, 0.15) is 6.33 Å². The van der Waals surface area contributed by atoms with Crippen LogP contribution in [0.1, 0.15) is 12.0 Å². The third-order valence-corrected chi connectivity index (χ3v) is 5.95. The van der Waals surface area contributed by atoms with Crippen molar-refractivity contribution >= 4 is 34.7 Å². The van der Waals surface area contributed by atoms with E-state index in [0.717, 1.165) is 53.1 Å². The van der Waals surface area contributed by atoms with Crippen molar-refractivity contribution in [1.82, 2.24) is 24.5 Å². The number of likely N-dealkylation sites (tertiary alicyclic amines) is 1. The summed E-state index contributed by atoms with van der Waals surface area (Å²) in [4.78, 5) is 9.39. The fraction of sp³-hybridized carbons (Fsp3) is 0.353. The molecule has 6 nitrogen and oxygen atoms in total. The lowest BCUT2D eigenvalue weighted by molar-refractivity contribution is 0.230. The Morgan fingerprint density at radius 2 is 1.96 bits per heavy atom. The molecule has 0 spiro atoms. The van der Waals surface area contributed by atoms with Crippen LogP contribution in [0.15, 0.2) is 36.9 Å². The average Bonchev–Trinajstić information content (AvgIpc) is 3.32. The summed E-state index contributed by atoms with van der Waals surface area (Å²) in [5.41, 5.74) is 1.83. The van der Waals surface area contributed by atoms with Crippen molar-refractivity contribution in [3.05, 3.63) is 52.5 Å². The standard InChI is InChI=1S/C17H16Cl2N6/c18-14-2-1-3-15(19)13(14)9-24-7-12-6-11(24)8-25(12)16-17-22-21-10-23(17)5-4-20-16/h1-5,10-12H,6-9H2. The van der Waals surface area contributed by atoms with E-state index in [4.69, 9.17) is 23.2 Å². The number of hydrogen-bond acceptors (Lipinski definition) is 5. The number of rotatable bonds is 3. The maximum absolute atomic E-state index is 6.34. The highest BCUT2D eigenvalue weighted by atomic mass is 35.5. The third-order valence-electron chi connectivity index (χ3n) is 5.25. The molecular formula is C17H16Cl2N6. The molecule has 3 aromatic rings. The normalized spacial score (nSPS) is 23.0. The second-order valence-corrected chi connectivity index (χ2v) is 7.45. The van der Waals surface area contributed by atoms with E-state index in [9.17, 15) is 0 Å². The van der Waals surface area contributed by atoms with Crippen LogP contribution in [-0.4, -0.2) is 49.7 Å². The van der Waals surface area contributed by atoms with Crippen molar-refractivity contribution in [1.29, 1.82) is 0 Å². The predicted octanol–water partition coefficient (Wildman–Crippen LogP) is 2.89. The van der Waals surface area contributed by atoms with E-state index in [0.29, 0.717) is 12.1 Å². The van der Waals surface area contributed by atoms with E-state index in [1.165, 1.54) is 0 Å². The Hall–Kier alpha value is -1.89. The maximum atomic E-state index is 6.34.